The number of halogens is 1. The molecule has 1 heterocycles. The number of carbonyl (C=O) groups excluding carboxylic acids is 2. The van der Waals surface area contributed by atoms with Crippen LogP contribution in [0.2, 0.25) is 0 Å². The number of nitrogens with zero attached hydrogens (tertiary/aromatic N) is 2. The molecule has 0 radical (unpaired) electrons. The second-order valence-corrected chi connectivity index (χ2v) is 6.52. The van der Waals surface area contributed by atoms with Crippen LogP contribution in [-0.2, 0) is 4.79 Å². The highest BCUT2D eigenvalue weighted by Gasteiger charge is 2.45. The summed E-state index contributed by atoms with van der Waals surface area (Å²) in [7, 11) is 0. The SMILES string of the molecule is CCNC(=NCC1CC1)NCCCN1C(=O)NC(C)(CC)C1=O.I. The molecule has 0 spiro atoms. The molecule has 1 saturated carbocycles. The van der Waals surface area contributed by atoms with Crippen LogP contribution in [0.5, 0.6) is 0 Å². The van der Waals surface area contributed by atoms with Crippen molar-refractivity contribution in [3.05, 3.63) is 0 Å². The molecular formula is C16H30IN5O2. The van der Waals surface area contributed by atoms with Crippen LogP contribution in [0.25, 0.3) is 0 Å². The minimum atomic E-state index is -0.745. The Balaban J connectivity index is 0.00000288. The Labute approximate surface area is 161 Å². The van der Waals surface area contributed by atoms with E-state index in [-0.39, 0.29) is 35.9 Å². The topological polar surface area (TPSA) is 85.8 Å². The van der Waals surface area contributed by atoms with E-state index in [0.29, 0.717) is 25.9 Å². The number of aliphatic imine (C=N–C) groups is 1. The monoisotopic (exact) mass is 451 g/mol. The van der Waals surface area contributed by atoms with E-state index in [4.69, 9.17) is 0 Å². The van der Waals surface area contributed by atoms with Gasteiger partial charge in [-0.05, 0) is 45.4 Å². The molecule has 3 N–H and O–H groups in total. The third kappa shape index (κ3) is 5.49. The van der Waals surface area contributed by atoms with Crippen LogP contribution in [0.15, 0.2) is 4.99 Å². The highest BCUT2D eigenvalue weighted by Crippen LogP contribution is 2.28. The number of amides is 3. The molecular weight excluding hydrogens is 421 g/mol. The first-order chi connectivity index (χ1) is 11.0. The molecule has 1 aliphatic carbocycles. The normalized spacial score (nSPS) is 23.8. The lowest BCUT2D eigenvalue weighted by molar-refractivity contribution is -0.130. The van der Waals surface area contributed by atoms with E-state index < -0.39 is 5.54 Å². The van der Waals surface area contributed by atoms with Crippen LogP contribution in [0.1, 0.15) is 46.5 Å². The Kier molecular flexibility index (Phi) is 8.24. The van der Waals surface area contributed by atoms with Gasteiger partial charge >= 0.3 is 6.03 Å². The smallest absolute Gasteiger partial charge is 0.325 e. The summed E-state index contributed by atoms with van der Waals surface area (Å²) in [5.41, 5.74) is -0.745. The lowest BCUT2D eigenvalue weighted by atomic mass is 9.99. The molecule has 3 amide bonds. The Hall–Kier alpha value is -1.06. The number of nitrogens with one attached hydrogen (secondary N) is 3. The summed E-state index contributed by atoms with van der Waals surface area (Å²) in [5.74, 6) is 1.44. The maximum absolute atomic E-state index is 12.3. The molecule has 1 aliphatic heterocycles. The lowest BCUT2D eigenvalue weighted by Crippen LogP contribution is -2.43. The largest absolute Gasteiger partial charge is 0.357 e. The van der Waals surface area contributed by atoms with Crippen molar-refractivity contribution in [3.63, 3.8) is 0 Å². The Bertz CT molecular complexity index is 481. The Morgan fingerprint density at radius 2 is 2.04 bits per heavy atom. The summed E-state index contributed by atoms with van der Waals surface area (Å²) in [5, 5.41) is 9.24. The van der Waals surface area contributed by atoms with E-state index in [1.54, 1.807) is 6.92 Å². The van der Waals surface area contributed by atoms with Gasteiger partial charge in [-0.3, -0.25) is 14.7 Å². The molecule has 0 bridgehead atoms. The first-order valence-corrected chi connectivity index (χ1v) is 8.66. The van der Waals surface area contributed by atoms with Gasteiger partial charge < -0.3 is 16.0 Å². The molecule has 1 atom stereocenters. The second-order valence-electron chi connectivity index (χ2n) is 6.52. The molecule has 1 unspecified atom stereocenters. The van der Waals surface area contributed by atoms with Crippen molar-refractivity contribution in [2.24, 2.45) is 10.9 Å². The van der Waals surface area contributed by atoms with Gasteiger partial charge in [-0.15, -0.1) is 24.0 Å². The van der Waals surface area contributed by atoms with Crippen molar-refractivity contribution in [1.82, 2.24) is 20.9 Å². The van der Waals surface area contributed by atoms with Crippen molar-refractivity contribution in [2.75, 3.05) is 26.2 Å². The predicted molar refractivity (Wildman–Crippen MR) is 106 cm³/mol. The molecule has 2 rings (SSSR count). The average molecular weight is 451 g/mol. The summed E-state index contributed by atoms with van der Waals surface area (Å²) in [6, 6.07) is -0.284. The zero-order valence-corrected chi connectivity index (χ0v) is 17.2. The van der Waals surface area contributed by atoms with E-state index in [2.05, 4.69) is 20.9 Å². The Morgan fingerprint density at radius 1 is 1.33 bits per heavy atom. The van der Waals surface area contributed by atoms with E-state index >= 15 is 0 Å². The van der Waals surface area contributed by atoms with Crippen LogP contribution in [0, 0.1) is 5.92 Å². The zero-order valence-electron chi connectivity index (χ0n) is 14.9. The van der Waals surface area contributed by atoms with E-state index in [9.17, 15) is 9.59 Å². The van der Waals surface area contributed by atoms with E-state index in [1.807, 2.05) is 13.8 Å². The highest BCUT2D eigenvalue weighted by molar-refractivity contribution is 14.0. The van der Waals surface area contributed by atoms with E-state index in [0.717, 1.165) is 25.0 Å². The first-order valence-electron chi connectivity index (χ1n) is 8.66. The van der Waals surface area contributed by atoms with Crippen molar-refractivity contribution in [3.8, 4) is 0 Å². The van der Waals surface area contributed by atoms with Crippen LogP contribution in [0.4, 0.5) is 4.79 Å². The third-order valence-corrected chi connectivity index (χ3v) is 4.45. The summed E-state index contributed by atoms with van der Waals surface area (Å²) >= 11 is 0. The van der Waals surface area contributed by atoms with Crippen molar-refractivity contribution < 1.29 is 9.59 Å². The molecule has 0 aromatic heterocycles. The average Bonchev–Trinajstić information content (AvgIpc) is 3.32. The number of urea groups is 1. The minimum absolute atomic E-state index is 0. The zero-order chi connectivity index (χ0) is 16.9. The molecule has 8 heteroatoms. The second kappa shape index (κ2) is 9.43. The molecule has 7 nitrogen and oxygen atoms in total. The fourth-order valence-corrected chi connectivity index (χ4v) is 2.50. The Morgan fingerprint density at radius 3 is 2.58 bits per heavy atom. The summed E-state index contributed by atoms with van der Waals surface area (Å²) in [6.07, 6.45) is 3.87. The van der Waals surface area contributed by atoms with Gasteiger partial charge in [0.05, 0.1) is 0 Å². The number of carbonyl (C=O) groups is 2. The summed E-state index contributed by atoms with van der Waals surface area (Å²) in [6.45, 7) is 8.51. The predicted octanol–water partition coefficient (Wildman–Crippen LogP) is 1.68. The molecule has 0 aromatic carbocycles. The quantitative estimate of drug-likeness (QED) is 0.172. The fraction of sp³-hybridized carbons (Fsp3) is 0.812. The number of guanidine groups is 1. The maximum Gasteiger partial charge on any atom is 0.325 e. The number of imide groups is 1. The molecule has 1 saturated heterocycles. The van der Waals surface area contributed by atoms with Crippen molar-refractivity contribution in [2.45, 2.75) is 52.0 Å². The van der Waals surface area contributed by atoms with Crippen LogP contribution in [-0.4, -0.2) is 54.5 Å². The molecule has 2 fully saturated rings. The third-order valence-electron chi connectivity index (χ3n) is 4.45. The first kappa shape index (κ1) is 21.0. The van der Waals surface area contributed by atoms with Crippen LogP contribution in [0.3, 0.4) is 0 Å². The highest BCUT2D eigenvalue weighted by atomic mass is 127. The van der Waals surface area contributed by atoms with Gasteiger partial charge in [-0.1, -0.05) is 6.92 Å². The lowest BCUT2D eigenvalue weighted by Gasteiger charge is -2.19. The molecule has 138 valence electrons. The van der Waals surface area contributed by atoms with Crippen molar-refractivity contribution >= 4 is 41.9 Å². The summed E-state index contributed by atoms with van der Waals surface area (Å²) < 4.78 is 0. The van der Waals surface area contributed by atoms with Crippen molar-refractivity contribution in [1.29, 1.82) is 0 Å². The fourth-order valence-electron chi connectivity index (χ4n) is 2.50. The van der Waals surface area contributed by atoms with E-state index in [1.165, 1.54) is 17.7 Å². The maximum atomic E-state index is 12.3. The van der Waals surface area contributed by atoms with Gasteiger partial charge in [0.15, 0.2) is 5.96 Å². The number of rotatable bonds is 8. The number of hydrogen-bond acceptors (Lipinski definition) is 3. The van der Waals surface area contributed by atoms with Gasteiger partial charge in [0, 0.05) is 26.2 Å². The standard InChI is InChI=1S/C16H29N5O2.HI/c1-4-16(3)13(22)21(15(23)20-16)10-6-9-18-14(17-5-2)19-11-12-7-8-12;/h12H,4-11H2,1-3H3,(H,20,23)(H2,17,18,19);1H. The van der Waals surface area contributed by atoms with Gasteiger partial charge in [0.1, 0.15) is 5.54 Å². The van der Waals surface area contributed by atoms with Crippen LogP contribution < -0.4 is 16.0 Å². The number of hydrogen-bond donors (Lipinski definition) is 3. The summed E-state index contributed by atoms with van der Waals surface area (Å²) in [4.78, 5) is 30.0. The van der Waals surface area contributed by atoms with Crippen LogP contribution >= 0.6 is 24.0 Å². The molecule has 24 heavy (non-hydrogen) atoms. The molecule has 0 aromatic rings. The minimum Gasteiger partial charge on any atom is -0.357 e. The van der Waals surface area contributed by atoms with Gasteiger partial charge in [-0.25, -0.2) is 4.79 Å². The van der Waals surface area contributed by atoms with Gasteiger partial charge in [0.25, 0.3) is 5.91 Å². The van der Waals surface area contributed by atoms with Gasteiger partial charge in [-0.2, -0.15) is 0 Å². The van der Waals surface area contributed by atoms with Gasteiger partial charge in [0.2, 0.25) is 0 Å². The molecule has 2 aliphatic rings.